The third-order valence-electron chi connectivity index (χ3n) is 8.64. The van der Waals surface area contributed by atoms with Gasteiger partial charge >= 0.3 is 12.1 Å². The molecule has 1 aromatic carbocycles. The molecule has 1 spiro atoms. The van der Waals surface area contributed by atoms with Gasteiger partial charge in [0.05, 0.1) is 20.2 Å². The maximum Gasteiger partial charge on any atom is 0.408 e. The Hall–Kier alpha value is -4.20. The van der Waals surface area contributed by atoms with Crippen molar-refractivity contribution in [2.45, 2.75) is 96.4 Å². The molecule has 1 heterocycles. The predicted octanol–water partition coefficient (Wildman–Crippen LogP) is 1.16. The lowest BCUT2D eigenvalue weighted by atomic mass is 9.54. The van der Waals surface area contributed by atoms with Gasteiger partial charge in [0, 0.05) is 19.5 Å². The smallest absolute Gasteiger partial charge is 0.408 e. The predicted molar refractivity (Wildman–Crippen MR) is 177 cm³/mol. The van der Waals surface area contributed by atoms with E-state index >= 15 is 0 Å². The number of amides is 5. The number of ether oxygens (including phenoxy) is 2. The topological polar surface area (TPSA) is 198 Å². The van der Waals surface area contributed by atoms with Crippen molar-refractivity contribution in [3.05, 3.63) is 35.9 Å². The lowest BCUT2D eigenvalue weighted by Crippen LogP contribution is -2.65. The van der Waals surface area contributed by atoms with Crippen LogP contribution in [0.15, 0.2) is 30.3 Å². The third-order valence-corrected chi connectivity index (χ3v) is 8.64. The summed E-state index contributed by atoms with van der Waals surface area (Å²) in [7, 11) is 1.32. The number of carbonyl (C=O) groups excluding carboxylic acids is 6. The molecule has 0 radical (unpaired) electrons. The second-order valence-corrected chi connectivity index (χ2v) is 14.5. The normalized spacial score (nSPS) is 17.7. The molecule has 6 N–H and O–H groups in total. The first kappa shape index (κ1) is 38.2. The van der Waals surface area contributed by atoms with Crippen molar-refractivity contribution in [3.8, 4) is 0 Å². The number of hydrogen-bond donors (Lipinski definition) is 5. The minimum absolute atomic E-state index is 0.0417. The lowest BCUT2D eigenvalue weighted by Gasteiger charge is -2.55. The van der Waals surface area contributed by atoms with E-state index in [0.29, 0.717) is 45.2 Å². The Bertz CT molecular complexity index is 1310. The van der Waals surface area contributed by atoms with E-state index in [4.69, 9.17) is 15.2 Å². The minimum atomic E-state index is -1.02. The number of methoxy groups -OCH3 is 1. The number of nitrogens with zero attached hydrogens (tertiary/aromatic N) is 1. The molecule has 0 bridgehead atoms. The standard InChI is InChI=1S/C34H52N6O8/c1-22(2)16-24(28(43)37-19-27(42)40-14-12-33(13-15-40)20-34(35,21-33)30(45)47-6)38-26(41)18-36-29(44)25(17-23-10-8-7-9-11-23)39-31(46)48-32(3,4)5/h7-11,22,24-25H,12-21,35H2,1-6H3,(H,36,44)(H,37,43)(H,38,41)(H,39,46). The Morgan fingerprint density at radius 2 is 1.48 bits per heavy atom. The zero-order valence-corrected chi connectivity index (χ0v) is 29.0. The fraction of sp³-hybridized carbons (Fsp3) is 0.647. The summed E-state index contributed by atoms with van der Waals surface area (Å²) in [4.78, 5) is 78.1. The van der Waals surface area contributed by atoms with Gasteiger partial charge in [0.15, 0.2) is 0 Å². The van der Waals surface area contributed by atoms with E-state index in [0.717, 1.165) is 5.56 Å². The van der Waals surface area contributed by atoms with Crippen molar-refractivity contribution in [1.29, 1.82) is 0 Å². The minimum Gasteiger partial charge on any atom is -0.468 e. The second kappa shape index (κ2) is 16.3. The average Bonchev–Trinajstić information content (AvgIpc) is 3.00. The molecule has 1 aliphatic heterocycles. The van der Waals surface area contributed by atoms with E-state index in [-0.39, 0.29) is 30.2 Å². The fourth-order valence-electron chi connectivity index (χ4n) is 6.36. The van der Waals surface area contributed by atoms with Crippen LogP contribution in [0.3, 0.4) is 0 Å². The van der Waals surface area contributed by atoms with Gasteiger partial charge in [-0.25, -0.2) is 4.79 Å². The summed E-state index contributed by atoms with van der Waals surface area (Å²) in [5.74, 6) is -2.32. The molecule has 48 heavy (non-hydrogen) atoms. The van der Waals surface area contributed by atoms with Crippen molar-refractivity contribution in [2.75, 3.05) is 33.3 Å². The van der Waals surface area contributed by atoms with Gasteiger partial charge in [-0.3, -0.25) is 24.0 Å². The van der Waals surface area contributed by atoms with Crippen LogP contribution in [0.4, 0.5) is 4.79 Å². The van der Waals surface area contributed by atoms with Crippen LogP contribution in [-0.4, -0.2) is 97.1 Å². The number of benzene rings is 1. The zero-order chi connectivity index (χ0) is 35.7. The summed E-state index contributed by atoms with van der Waals surface area (Å²) in [6.45, 7) is 9.25. The van der Waals surface area contributed by atoms with Crippen LogP contribution in [-0.2, 0) is 39.9 Å². The van der Waals surface area contributed by atoms with Gasteiger partial charge < -0.3 is 41.4 Å². The SMILES string of the molecule is COC(=O)C1(N)CC2(CCN(C(=O)CNC(=O)C(CC(C)C)NC(=O)CNC(=O)C(Cc3ccccc3)NC(=O)OC(C)(C)C)CC2)C1. The molecule has 3 rings (SSSR count). The fourth-order valence-corrected chi connectivity index (χ4v) is 6.36. The molecule has 14 heteroatoms. The largest absolute Gasteiger partial charge is 0.468 e. The molecule has 2 fully saturated rings. The number of rotatable bonds is 13. The Morgan fingerprint density at radius 1 is 0.896 bits per heavy atom. The summed E-state index contributed by atoms with van der Waals surface area (Å²) in [5, 5.41) is 10.4. The first-order chi connectivity index (χ1) is 22.4. The van der Waals surface area contributed by atoms with Crippen LogP contribution in [0, 0.1) is 11.3 Å². The highest BCUT2D eigenvalue weighted by Gasteiger charge is 2.58. The molecule has 2 aliphatic rings. The molecular formula is C34H52N6O8. The zero-order valence-electron chi connectivity index (χ0n) is 29.0. The van der Waals surface area contributed by atoms with E-state index < -0.39 is 59.6 Å². The maximum atomic E-state index is 13.1. The van der Waals surface area contributed by atoms with Gasteiger partial charge in [-0.2, -0.15) is 0 Å². The van der Waals surface area contributed by atoms with Crippen LogP contribution in [0.2, 0.25) is 0 Å². The van der Waals surface area contributed by atoms with Crippen molar-refractivity contribution in [2.24, 2.45) is 17.1 Å². The van der Waals surface area contributed by atoms with Gasteiger partial charge in [0.25, 0.3) is 0 Å². The van der Waals surface area contributed by atoms with Crippen LogP contribution < -0.4 is 27.0 Å². The average molecular weight is 673 g/mol. The molecule has 1 saturated heterocycles. The monoisotopic (exact) mass is 672 g/mol. The van der Waals surface area contributed by atoms with Gasteiger partial charge in [0.1, 0.15) is 23.2 Å². The molecule has 266 valence electrons. The summed E-state index contributed by atoms with van der Waals surface area (Å²) in [5.41, 5.74) is 5.15. The van der Waals surface area contributed by atoms with Crippen LogP contribution >= 0.6 is 0 Å². The number of nitrogens with one attached hydrogen (secondary N) is 4. The molecule has 14 nitrogen and oxygen atoms in total. The Kier molecular flexibility index (Phi) is 13.0. The molecule has 0 aromatic heterocycles. The molecule has 2 atom stereocenters. The van der Waals surface area contributed by atoms with E-state index in [2.05, 4.69) is 21.3 Å². The van der Waals surface area contributed by atoms with Gasteiger partial charge in [-0.05, 0) is 69.8 Å². The van der Waals surface area contributed by atoms with E-state index in [9.17, 15) is 28.8 Å². The molecule has 2 unspecified atom stereocenters. The van der Waals surface area contributed by atoms with Gasteiger partial charge in [-0.15, -0.1) is 0 Å². The van der Waals surface area contributed by atoms with Crippen molar-refractivity contribution >= 4 is 35.7 Å². The summed E-state index contributed by atoms with van der Waals surface area (Å²) >= 11 is 0. The number of alkyl carbamates (subject to hydrolysis) is 1. The molecule has 5 amide bonds. The number of nitrogens with two attached hydrogens (primary N) is 1. The highest BCUT2D eigenvalue weighted by molar-refractivity contribution is 5.93. The van der Waals surface area contributed by atoms with Crippen molar-refractivity contribution in [1.82, 2.24) is 26.2 Å². The number of carbonyl (C=O) groups is 6. The van der Waals surface area contributed by atoms with Crippen LogP contribution in [0.1, 0.15) is 72.3 Å². The summed E-state index contributed by atoms with van der Waals surface area (Å²) < 4.78 is 10.1. The van der Waals surface area contributed by atoms with Crippen LogP contribution in [0.25, 0.3) is 0 Å². The first-order valence-electron chi connectivity index (χ1n) is 16.5. The highest BCUT2D eigenvalue weighted by Crippen LogP contribution is 2.54. The molecule has 1 saturated carbocycles. The number of piperidine rings is 1. The number of hydrogen-bond acceptors (Lipinski definition) is 9. The highest BCUT2D eigenvalue weighted by atomic mass is 16.6. The van der Waals surface area contributed by atoms with Gasteiger partial charge in [-0.1, -0.05) is 44.2 Å². The van der Waals surface area contributed by atoms with Gasteiger partial charge in [0.2, 0.25) is 23.6 Å². The van der Waals surface area contributed by atoms with Crippen molar-refractivity contribution in [3.63, 3.8) is 0 Å². The maximum absolute atomic E-state index is 13.1. The number of likely N-dealkylation sites (tertiary alicyclic amines) is 1. The summed E-state index contributed by atoms with van der Waals surface area (Å²) in [6, 6.07) is 7.14. The van der Waals surface area contributed by atoms with E-state index in [1.807, 2.05) is 44.2 Å². The Morgan fingerprint density at radius 3 is 2.04 bits per heavy atom. The lowest BCUT2D eigenvalue weighted by molar-refractivity contribution is -0.161. The third kappa shape index (κ3) is 11.2. The Labute approximate surface area is 282 Å². The first-order valence-corrected chi connectivity index (χ1v) is 16.5. The quantitative estimate of drug-likeness (QED) is 0.191. The molecule has 1 aliphatic carbocycles. The second-order valence-electron chi connectivity index (χ2n) is 14.5. The van der Waals surface area contributed by atoms with E-state index in [1.54, 1.807) is 25.7 Å². The van der Waals surface area contributed by atoms with Crippen molar-refractivity contribution < 1.29 is 38.2 Å². The molecular weight excluding hydrogens is 620 g/mol. The molecule has 1 aromatic rings. The Balaban J connectivity index is 1.50. The van der Waals surface area contributed by atoms with Crippen LogP contribution in [0.5, 0.6) is 0 Å². The number of esters is 1. The summed E-state index contributed by atoms with van der Waals surface area (Å²) in [6.07, 6.45) is 2.17. The van der Waals surface area contributed by atoms with E-state index in [1.165, 1.54) is 7.11 Å².